The van der Waals surface area contributed by atoms with E-state index in [2.05, 4.69) is 0 Å². The van der Waals surface area contributed by atoms with Gasteiger partial charge in [-0.1, -0.05) is 60.7 Å². The number of rotatable bonds is 9. The second-order valence-corrected chi connectivity index (χ2v) is 7.83. The molecule has 0 spiro atoms. The summed E-state index contributed by atoms with van der Waals surface area (Å²) in [6, 6.07) is 21.4. The van der Waals surface area contributed by atoms with Gasteiger partial charge in [0.25, 0.3) is 10.2 Å². The Kier molecular flexibility index (Phi) is 7.14. The summed E-state index contributed by atoms with van der Waals surface area (Å²) < 4.78 is 28.5. The molecule has 0 radical (unpaired) electrons. The van der Waals surface area contributed by atoms with Gasteiger partial charge in [-0.3, -0.25) is 0 Å². The number of benzene rings is 2. The van der Waals surface area contributed by atoms with Crippen LogP contribution in [0, 0.1) is 11.3 Å². The molecule has 0 atom stereocenters. The maximum atomic E-state index is 12.9. The lowest BCUT2D eigenvalue weighted by Crippen LogP contribution is -2.42. The topological polar surface area (TPSA) is 64.4 Å². The molecular weight excluding hydrogens is 334 g/mol. The van der Waals surface area contributed by atoms with E-state index in [1.807, 2.05) is 66.7 Å². The van der Waals surface area contributed by atoms with Crippen molar-refractivity contribution in [3.05, 3.63) is 71.8 Å². The molecule has 0 saturated heterocycles. The van der Waals surface area contributed by atoms with Gasteiger partial charge in [-0.05, 0) is 17.5 Å². The molecule has 0 amide bonds. The summed E-state index contributed by atoms with van der Waals surface area (Å²) in [5.74, 6) is 0. The molecular formula is C19H23N3O2S. The molecule has 0 unspecified atom stereocenters. The first-order valence-corrected chi connectivity index (χ1v) is 9.60. The molecule has 0 saturated carbocycles. The second kappa shape index (κ2) is 9.33. The van der Waals surface area contributed by atoms with Crippen molar-refractivity contribution in [3.8, 4) is 6.07 Å². The normalized spacial score (nSPS) is 11.6. The first kappa shape index (κ1) is 19.1. The average molecular weight is 357 g/mol. The van der Waals surface area contributed by atoms with Gasteiger partial charge in [-0.25, -0.2) is 0 Å². The molecule has 0 aliphatic rings. The minimum atomic E-state index is -3.63. The molecule has 0 heterocycles. The number of hydrogen-bond acceptors (Lipinski definition) is 3. The molecule has 0 fully saturated rings. The van der Waals surface area contributed by atoms with Crippen LogP contribution in [0.25, 0.3) is 0 Å². The van der Waals surface area contributed by atoms with Crippen molar-refractivity contribution in [3.63, 3.8) is 0 Å². The largest absolute Gasteiger partial charge is 0.282 e. The Labute approximate surface area is 150 Å². The van der Waals surface area contributed by atoms with Gasteiger partial charge in [-0.15, -0.1) is 0 Å². The van der Waals surface area contributed by atoms with E-state index in [1.165, 1.54) is 15.7 Å². The lowest BCUT2D eigenvalue weighted by atomic mass is 10.1. The van der Waals surface area contributed by atoms with Crippen molar-refractivity contribution in [1.29, 1.82) is 5.26 Å². The van der Waals surface area contributed by atoms with Crippen LogP contribution in [0.1, 0.15) is 17.5 Å². The summed E-state index contributed by atoms with van der Waals surface area (Å²) in [6.07, 6.45) is 0.812. The van der Waals surface area contributed by atoms with E-state index in [9.17, 15) is 8.42 Å². The van der Waals surface area contributed by atoms with Crippen molar-refractivity contribution in [2.45, 2.75) is 19.4 Å². The molecule has 2 aromatic rings. The number of nitrogens with zero attached hydrogens (tertiary/aromatic N) is 3. The van der Waals surface area contributed by atoms with Gasteiger partial charge in [0.15, 0.2) is 0 Å². The van der Waals surface area contributed by atoms with Crippen molar-refractivity contribution >= 4 is 10.2 Å². The highest BCUT2D eigenvalue weighted by molar-refractivity contribution is 7.86. The van der Waals surface area contributed by atoms with Gasteiger partial charge in [0.1, 0.15) is 0 Å². The Morgan fingerprint density at radius 3 is 2.04 bits per heavy atom. The summed E-state index contributed by atoms with van der Waals surface area (Å²) in [5.41, 5.74) is 2.03. The standard InChI is InChI=1S/C19H23N3O2S/c1-21(15-8-14-20)25(23,24)22(17-19-11-6-3-7-12-19)16-13-18-9-4-2-5-10-18/h2-7,9-12H,8,13,15-17H2,1H3. The highest BCUT2D eigenvalue weighted by Gasteiger charge is 2.26. The number of hydrogen-bond donors (Lipinski definition) is 0. The summed E-state index contributed by atoms with van der Waals surface area (Å²) in [5, 5.41) is 8.72. The monoisotopic (exact) mass is 357 g/mol. The average Bonchev–Trinajstić information content (AvgIpc) is 2.64. The molecule has 0 bridgehead atoms. The van der Waals surface area contributed by atoms with Crippen LogP contribution in [-0.4, -0.2) is 37.2 Å². The van der Waals surface area contributed by atoms with Gasteiger partial charge in [0.05, 0.1) is 6.07 Å². The Hall–Kier alpha value is -2.20. The van der Waals surface area contributed by atoms with Crippen LogP contribution in [0.15, 0.2) is 60.7 Å². The first-order valence-electron chi connectivity index (χ1n) is 8.20. The zero-order valence-electron chi connectivity index (χ0n) is 14.4. The van der Waals surface area contributed by atoms with Crippen LogP contribution in [0.4, 0.5) is 0 Å². The Bertz CT molecular complexity index is 786. The molecule has 6 heteroatoms. The highest BCUT2D eigenvalue weighted by Crippen LogP contribution is 2.14. The Morgan fingerprint density at radius 2 is 1.48 bits per heavy atom. The molecule has 5 nitrogen and oxygen atoms in total. The lowest BCUT2D eigenvalue weighted by Gasteiger charge is -2.27. The molecule has 2 aromatic carbocycles. The van der Waals surface area contributed by atoms with Crippen LogP contribution in [0.5, 0.6) is 0 Å². The van der Waals surface area contributed by atoms with Crippen molar-refractivity contribution in [1.82, 2.24) is 8.61 Å². The van der Waals surface area contributed by atoms with Gasteiger partial charge in [0, 0.05) is 33.1 Å². The predicted molar refractivity (Wildman–Crippen MR) is 98.8 cm³/mol. The third kappa shape index (κ3) is 5.68. The Morgan fingerprint density at radius 1 is 0.920 bits per heavy atom. The van der Waals surface area contributed by atoms with Crippen LogP contribution >= 0.6 is 0 Å². The zero-order valence-corrected chi connectivity index (χ0v) is 15.2. The molecule has 0 N–H and O–H groups in total. The molecule has 0 aliphatic carbocycles. The van der Waals surface area contributed by atoms with E-state index in [1.54, 1.807) is 0 Å². The van der Waals surface area contributed by atoms with Crippen molar-refractivity contribution in [2.75, 3.05) is 20.1 Å². The SMILES string of the molecule is CN(CCC#N)S(=O)(=O)N(CCc1ccccc1)Cc1ccccc1. The maximum Gasteiger partial charge on any atom is 0.282 e. The van der Waals surface area contributed by atoms with Gasteiger partial charge >= 0.3 is 0 Å². The molecule has 2 rings (SSSR count). The van der Waals surface area contributed by atoms with Crippen LogP contribution in [0.3, 0.4) is 0 Å². The lowest BCUT2D eigenvalue weighted by molar-refractivity contribution is 0.358. The Balaban J connectivity index is 2.17. The van der Waals surface area contributed by atoms with Crippen molar-refractivity contribution in [2.24, 2.45) is 0 Å². The highest BCUT2D eigenvalue weighted by atomic mass is 32.2. The summed E-state index contributed by atoms with van der Waals surface area (Å²) in [6.45, 7) is 0.889. The van der Waals surface area contributed by atoms with Crippen LogP contribution in [-0.2, 0) is 23.2 Å². The molecule has 132 valence electrons. The third-order valence-corrected chi connectivity index (χ3v) is 5.89. The first-order chi connectivity index (χ1) is 12.0. The fourth-order valence-corrected chi connectivity index (χ4v) is 3.83. The molecule has 25 heavy (non-hydrogen) atoms. The van der Waals surface area contributed by atoms with Crippen molar-refractivity contribution < 1.29 is 8.42 Å². The minimum absolute atomic E-state index is 0.174. The van der Waals surface area contributed by atoms with E-state index in [0.29, 0.717) is 19.5 Å². The second-order valence-electron chi connectivity index (χ2n) is 5.79. The maximum absolute atomic E-state index is 12.9. The smallest absolute Gasteiger partial charge is 0.198 e. The van der Waals surface area contributed by atoms with E-state index in [4.69, 9.17) is 5.26 Å². The van der Waals surface area contributed by atoms with E-state index < -0.39 is 10.2 Å². The molecule has 0 aromatic heterocycles. The predicted octanol–water partition coefficient (Wildman–Crippen LogP) is 2.82. The summed E-state index contributed by atoms with van der Waals surface area (Å²) in [4.78, 5) is 0. The van der Waals surface area contributed by atoms with Crippen LogP contribution < -0.4 is 0 Å². The summed E-state index contributed by atoms with van der Waals surface area (Å²) >= 11 is 0. The summed E-state index contributed by atoms with van der Waals surface area (Å²) in [7, 11) is -2.11. The van der Waals surface area contributed by atoms with E-state index >= 15 is 0 Å². The van der Waals surface area contributed by atoms with Crippen LogP contribution in [0.2, 0.25) is 0 Å². The fourth-order valence-electron chi connectivity index (χ4n) is 2.48. The van der Waals surface area contributed by atoms with E-state index in [-0.39, 0.29) is 13.0 Å². The van der Waals surface area contributed by atoms with Gasteiger partial charge in [-0.2, -0.15) is 22.3 Å². The minimum Gasteiger partial charge on any atom is -0.198 e. The quantitative estimate of drug-likeness (QED) is 0.693. The number of nitriles is 1. The fraction of sp³-hybridized carbons (Fsp3) is 0.316. The van der Waals surface area contributed by atoms with Gasteiger partial charge in [0.2, 0.25) is 0 Å². The third-order valence-electron chi connectivity index (χ3n) is 3.95. The van der Waals surface area contributed by atoms with E-state index in [0.717, 1.165) is 11.1 Å². The van der Waals surface area contributed by atoms with Gasteiger partial charge < -0.3 is 0 Å². The molecule has 0 aliphatic heterocycles. The zero-order chi connectivity index (χ0) is 18.1.